The Morgan fingerprint density at radius 3 is 2.19 bits per heavy atom. The SMILES string of the molecule is O=P(O)(O)C(O)(CC1NCCC2=C1CCCC2)P(=O)(O)O. The molecule has 0 aromatic heterocycles. The number of hydrogen-bond acceptors (Lipinski definition) is 4. The molecule has 21 heavy (non-hydrogen) atoms. The van der Waals surface area contributed by atoms with Crippen molar-refractivity contribution in [2.75, 3.05) is 6.54 Å². The van der Waals surface area contributed by atoms with Gasteiger partial charge < -0.3 is 30.0 Å². The van der Waals surface area contributed by atoms with Crippen molar-refractivity contribution in [3.8, 4) is 0 Å². The van der Waals surface area contributed by atoms with Crippen LogP contribution in [0.15, 0.2) is 11.1 Å². The lowest BCUT2D eigenvalue weighted by Crippen LogP contribution is -2.44. The molecule has 0 saturated carbocycles. The summed E-state index contributed by atoms with van der Waals surface area (Å²) in [6.07, 6.45) is 3.74. The van der Waals surface area contributed by atoms with Gasteiger partial charge in [-0.2, -0.15) is 0 Å². The molecule has 10 heteroatoms. The number of hydrogen-bond donors (Lipinski definition) is 6. The van der Waals surface area contributed by atoms with Crippen LogP contribution >= 0.6 is 15.2 Å². The standard InChI is InChI=1S/C11H21NO7P2/c13-11(20(14,15)16,21(17,18)19)7-10-9-4-2-1-3-8(9)5-6-12-10/h10,12-13H,1-7H2,(H2,14,15,16)(H2,17,18,19). The van der Waals surface area contributed by atoms with Gasteiger partial charge in [-0.15, -0.1) is 0 Å². The summed E-state index contributed by atoms with van der Waals surface area (Å²) in [6, 6.07) is -0.612. The van der Waals surface area contributed by atoms with Crippen molar-refractivity contribution in [2.24, 2.45) is 0 Å². The molecule has 1 heterocycles. The summed E-state index contributed by atoms with van der Waals surface area (Å²) >= 11 is 0. The molecule has 0 aromatic rings. The summed E-state index contributed by atoms with van der Waals surface area (Å²) in [5.41, 5.74) is 2.12. The highest BCUT2D eigenvalue weighted by molar-refractivity contribution is 7.72. The van der Waals surface area contributed by atoms with E-state index in [-0.39, 0.29) is 0 Å². The first-order chi connectivity index (χ1) is 9.56. The summed E-state index contributed by atoms with van der Waals surface area (Å²) in [7, 11) is -10.8. The van der Waals surface area contributed by atoms with Gasteiger partial charge in [0.25, 0.3) is 5.08 Å². The van der Waals surface area contributed by atoms with E-state index >= 15 is 0 Å². The van der Waals surface area contributed by atoms with Crippen molar-refractivity contribution in [3.63, 3.8) is 0 Å². The Morgan fingerprint density at radius 1 is 1.05 bits per heavy atom. The summed E-state index contributed by atoms with van der Waals surface area (Å²) in [5.74, 6) is 0. The lowest BCUT2D eigenvalue weighted by Gasteiger charge is -2.38. The highest BCUT2D eigenvalue weighted by Gasteiger charge is 2.60. The topological polar surface area (TPSA) is 147 Å². The normalized spacial score (nSPS) is 24.9. The van der Waals surface area contributed by atoms with Gasteiger partial charge in [0.05, 0.1) is 0 Å². The first kappa shape index (κ1) is 17.3. The van der Waals surface area contributed by atoms with Gasteiger partial charge in [-0.05, 0) is 38.6 Å². The minimum absolute atomic E-state index is 0.571. The van der Waals surface area contributed by atoms with Crippen molar-refractivity contribution < 1.29 is 33.8 Å². The monoisotopic (exact) mass is 341 g/mol. The largest absolute Gasteiger partial charge is 0.369 e. The molecule has 1 atom stereocenters. The van der Waals surface area contributed by atoms with Gasteiger partial charge in [0, 0.05) is 12.5 Å². The fourth-order valence-corrected chi connectivity index (χ4v) is 5.29. The maximum atomic E-state index is 11.4. The Bertz CT molecular complexity index is 509. The lowest BCUT2D eigenvalue weighted by atomic mass is 9.82. The van der Waals surface area contributed by atoms with Crippen LogP contribution in [0.4, 0.5) is 0 Å². The summed E-state index contributed by atoms with van der Waals surface area (Å²) < 4.78 is 22.9. The van der Waals surface area contributed by atoms with Crippen molar-refractivity contribution in [2.45, 2.75) is 49.6 Å². The smallest absolute Gasteiger partial charge is 0.367 e. The van der Waals surface area contributed by atoms with Gasteiger partial charge in [0.2, 0.25) is 0 Å². The molecule has 2 rings (SSSR count). The fourth-order valence-electron chi connectivity index (χ4n) is 3.09. The van der Waals surface area contributed by atoms with Crippen LogP contribution in [0.25, 0.3) is 0 Å². The van der Waals surface area contributed by atoms with E-state index in [1.165, 1.54) is 5.57 Å². The van der Waals surface area contributed by atoms with Crippen molar-refractivity contribution in [3.05, 3.63) is 11.1 Å². The van der Waals surface area contributed by atoms with Crippen LogP contribution in [0.5, 0.6) is 0 Å². The van der Waals surface area contributed by atoms with Crippen LogP contribution in [0, 0.1) is 0 Å². The lowest BCUT2D eigenvalue weighted by molar-refractivity contribution is 0.114. The second kappa shape index (κ2) is 5.87. The Hall–Kier alpha value is -0.0400. The van der Waals surface area contributed by atoms with Crippen LogP contribution in [0.2, 0.25) is 0 Å². The van der Waals surface area contributed by atoms with Gasteiger partial charge in [-0.25, -0.2) is 0 Å². The average Bonchev–Trinajstić information content (AvgIpc) is 2.36. The quantitative estimate of drug-likeness (QED) is 0.322. The number of rotatable bonds is 4. The molecule has 0 fully saturated rings. The highest BCUT2D eigenvalue weighted by atomic mass is 31.2. The zero-order valence-corrected chi connectivity index (χ0v) is 13.3. The van der Waals surface area contributed by atoms with Crippen molar-refractivity contribution in [1.82, 2.24) is 5.32 Å². The predicted octanol–water partition coefficient (Wildman–Crippen LogP) is 0.610. The van der Waals surface area contributed by atoms with Crippen LogP contribution in [-0.2, 0) is 9.13 Å². The van der Waals surface area contributed by atoms with Gasteiger partial charge in [0.1, 0.15) is 0 Å². The zero-order valence-electron chi connectivity index (χ0n) is 11.5. The second-order valence-corrected chi connectivity index (χ2v) is 9.67. The molecule has 0 bridgehead atoms. The van der Waals surface area contributed by atoms with Gasteiger partial charge in [-0.3, -0.25) is 9.13 Å². The van der Waals surface area contributed by atoms with E-state index in [0.717, 1.165) is 37.7 Å². The number of aliphatic hydroxyl groups is 1. The molecule has 0 spiro atoms. The van der Waals surface area contributed by atoms with Gasteiger partial charge in [-0.1, -0.05) is 11.1 Å². The third-order valence-corrected chi connectivity index (χ3v) is 8.07. The average molecular weight is 341 g/mol. The molecule has 1 aliphatic carbocycles. The van der Waals surface area contributed by atoms with Crippen LogP contribution < -0.4 is 5.32 Å². The molecule has 1 aliphatic heterocycles. The summed E-state index contributed by atoms with van der Waals surface area (Å²) in [6.45, 7) is 0.571. The second-order valence-electron chi connectivity index (χ2n) is 5.66. The van der Waals surface area contributed by atoms with E-state index in [2.05, 4.69) is 5.32 Å². The van der Waals surface area contributed by atoms with E-state index in [4.69, 9.17) is 0 Å². The molecule has 8 nitrogen and oxygen atoms in total. The molecule has 0 saturated heterocycles. The molecular formula is C11H21NO7P2. The third-order valence-electron chi connectivity index (χ3n) is 4.28. The number of nitrogens with one attached hydrogen (secondary N) is 1. The maximum absolute atomic E-state index is 11.4. The van der Waals surface area contributed by atoms with Crippen molar-refractivity contribution >= 4 is 15.2 Å². The molecule has 122 valence electrons. The van der Waals surface area contributed by atoms with Crippen LogP contribution in [0.1, 0.15) is 38.5 Å². The zero-order chi connectivity index (χ0) is 15.9. The van der Waals surface area contributed by atoms with E-state index in [1.54, 1.807) is 0 Å². The van der Waals surface area contributed by atoms with E-state index < -0.39 is 32.7 Å². The predicted molar refractivity (Wildman–Crippen MR) is 75.6 cm³/mol. The molecule has 6 N–H and O–H groups in total. The Morgan fingerprint density at radius 2 is 1.62 bits per heavy atom. The molecular weight excluding hydrogens is 320 g/mol. The van der Waals surface area contributed by atoms with Crippen LogP contribution in [0.3, 0.4) is 0 Å². The molecule has 2 aliphatic rings. The maximum Gasteiger partial charge on any atom is 0.369 e. The fraction of sp³-hybridized carbons (Fsp3) is 0.818. The van der Waals surface area contributed by atoms with E-state index in [0.29, 0.717) is 6.54 Å². The third kappa shape index (κ3) is 3.33. The first-order valence-electron chi connectivity index (χ1n) is 6.84. The van der Waals surface area contributed by atoms with Gasteiger partial charge >= 0.3 is 15.2 Å². The molecule has 0 amide bonds. The van der Waals surface area contributed by atoms with E-state index in [9.17, 15) is 33.8 Å². The Labute approximate surface area is 122 Å². The minimum Gasteiger partial charge on any atom is -0.367 e. The van der Waals surface area contributed by atoms with E-state index in [1.807, 2.05) is 0 Å². The Kier molecular flexibility index (Phi) is 4.84. The minimum atomic E-state index is -5.39. The summed E-state index contributed by atoms with van der Waals surface area (Å²) in [5, 5.41) is 9.71. The first-order valence-corrected chi connectivity index (χ1v) is 10.1. The Balaban J connectivity index is 2.34. The van der Waals surface area contributed by atoms with Crippen LogP contribution in [-0.4, -0.2) is 42.3 Å². The molecule has 1 unspecified atom stereocenters. The highest BCUT2D eigenvalue weighted by Crippen LogP contribution is 2.69. The summed E-state index contributed by atoms with van der Waals surface area (Å²) in [4.78, 5) is 36.9. The van der Waals surface area contributed by atoms with Gasteiger partial charge in [0.15, 0.2) is 0 Å². The molecule has 0 radical (unpaired) electrons. The molecule has 0 aromatic carbocycles. The van der Waals surface area contributed by atoms with Crippen molar-refractivity contribution in [1.29, 1.82) is 0 Å².